The first-order valence-corrected chi connectivity index (χ1v) is 10.5. The minimum Gasteiger partial charge on any atom is -0.347 e. The molecule has 5 nitrogen and oxygen atoms in total. The monoisotopic (exact) mass is 372 g/mol. The number of rotatable bonds is 5. The lowest BCUT2D eigenvalue weighted by Gasteiger charge is -2.38. The van der Waals surface area contributed by atoms with Crippen LogP contribution in [0, 0.1) is 5.92 Å². The average molecular weight is 373 g/mol. The molecule has 27 heavy (non-hydrogen) atoms. The Kier molecular flexibility index (Phi) is 6.11. The van der Waals surface area contributed by atoms with Crippen molar-refractivity contribution in [1.29, 1.82) is 0 Å². The number of ether oxygens (including phenoxy) is 2. The fourth-order valence-corrected chi connectivity index (χ4v) is 4.66. The van der Waals surface area contributed by atoms with Crippen LogP contribution in [0.1, 0.15) is 37.7 Å². The minimum atomic E-state index is -0.391. The summed E-state index contributed by atoms with van der Waals surface area (Å²) < 4.78 is 11.5. The molecule has 0 atom stereocenters. The van der Waals surface area contributed by atoms with Crippen molar-refractivity contribution >= 4 is 5.91 Å². The highest BCUT2D eigenvalue weighted by Gasteiger charge is 2.40. The van der Waals surface area contributed by atoms with Gasteiger partial charge in [-0.05, 0) is 43.8 Å². The highest BCUT2D eigenvalue weighted by molar-refractivity contribution is 5.76. The van der Waals surface area contributed by atoms with Gasteiger partial charge in [-0.15, -0.1) is 0 Å². The van der Waals surface area contributed by atoms with Gasteiger partial charge in [0.15, 0.2) is 5.79 Å². The Morgan fingerprint density at radius 3 is 2.33 bits per heavy atom. The van der Waals surface area contributed by atoms with E-state index in [1.165, 1.54) is 24.8 Å². The number of hydrogen-bond acceptors (Lipinski definition) is 4. The molecular formula is C22H32N2O3. The lowest BCUT2D eigenvalue weighted by molar-refractivity contribution is -0.187. The first kappa shape index (κ1) is 18.9. The molecule has 1 aromatic carbocycles. The number of piperidine rings is 2. The van der Waals surface area contributed by atoms with Crippen LogP contribution in [-0.2, 0) is 20.7 Å². The average Bonchev–Trinajstić information content (AvgIpc) is 3.16. The van der Waals surface area contributed by atoms with Gasteiger partial charge in [0, 0.05) is 38.9 Å². The van der Waals surface area contributed by atoms with Gasteiger partial charge in [-0.25, -0.2) is 0 Å². The number of likely N-dealkylation sites (tertiary alicyclic amines) is 2. The molecule has 4 rings (SSSR count). The normalized spacial score (nSPS) is 23.8. The molecule has 3 fully saturated rings. The zero-order chi connectivity index (χ0) is 18.5. The molecule has 1 aromatic rings. The van der Waals surface area contributed by atoms with Crippen LogP contribution >= 0.6 is 0 Å². The van der Waals surface area contributed by atoms with Gasteiger partial charge in [-0.3, -0.25) is 4.79 Å². The standard InChI is InChI=1S/C22H32N2O3/c25-21(24-14-9-22(10-15-24)26-16-17-27-22)8-13-23-11-6-20(7-12-23)18-19-4-2-1-3-5-19/h1-5,20H,6-18H2. The first-order chi connectivity index (χ1) is 13.2. The van der Waals surface area contributed by atoms with Crippen molar-refractivity contribution in [3.05, 3.63) is 35.9 Å². The van der Waals surface area contributed by atoms with Crippen molar-refractivity contribution in [3.8, 4) is 0 Å². The second-order valence-corrected chi connectivity index (χ2v) is 8.21. The van der Waals surface area contributed by atoms with E-state index in [1.54, 1.807) is 0 Å². The third kappa shape index (κ3) is 4.89. The minimum absolute atomic E-state index is 0.286. The van der Waals surface area contributed by atoms with E-state index in [9.17, 15) is 4.79 Å². The molecule has 0 aliphatic carbocycles. The smallest absolute Gasteiger partial charge is 0.223 e. The maximum atomic E-state index is 12.6. The summed E-state index contributed by atoms with van der Waals surface area (Å²) in [6.45, 7) is 6.04. The first-order valence-electron chi connectivity index (χ1n) is 10.5. The van der Waals surface area contributed by atoms with E-state index >= 15 is 0 Å². The molecule has 3 aliphatic heterocycles. The molecule has 0 saturated carbocycles. The van der Waals surface area contributed by atoms with Crippen molar-refractivity contribution in [3.63, 3.8) is 0 Å². The van der Waals surface area contributed by atoms with Crippen molar-refractivity contribution in [2.24, 2.45) is 5.92 Å². The van der Waals surface area contributed by atoms with Gasteiger partial charge in [0.2, 0.25) is 5.91 Å². The van der Waals surface area contributed by atoms with Crippen molar-refractivity contribution in [1.82, 2.24) is 9.80 Å². The van der Waals surface area contributed by atoms with Crippen LogP contribution in [0.25, 0.3) is 0 Å². The van der Waals surface area contributed by atoms with Crippen LogP contribution in [0.5, 0.6) is 0 Å². The Balaban J connectivity index is 1.14. The zero-order valence-electron chi connectivity index (χ0n) is 16.3. The fraction of sp³-hybridized carbons (Fsp3) is 0.682. The topological polar surface area (TPSA) is 42.0 Å². The van der Waals surface area contributed by atoms with E-state index in [-0.39, 0.29) is 5.91 Å². The maximum absolute atomic E-state index is 12.6. The van der Waals surface area contributed by atoms with Gasteiger partial charge in [0.1, 0.15) is 0 Å². The van der Waals surface area contributed by atoms with E-state index in [4.69, 9.17) is 9.47 Å². The summed E-state index contributed by atoms with van der Waals surface area (Å²) in [6.07, 6.45) is 5.92. The van der Waals surface area contributed by atoms with Gasteiger partial charge < -0.3 is 19.3 Å². The Morgan fingerprint density at radius 2 is 1.67 bits per heavy atom. The van der Waals surface area contributed by atoms with Crippen LogP contribution in [-0.4, -0.2) is 67.4 Å². The molecule has 148 valence electrons. The summed E-state index contributed by atoms with van der Waals surface area (Å²) in [5, 5.41) is 0. The summed E-state index contributed by atoms with van der Waals surface area (Å²) in [5.74, 6) is 0.676. The molecule has 0 bridgehead atoms. The summed E-state index contributed by atoms with van der Waals surface area (Å²) >= 11 is 0. The third-order valence-electron chi connectivity index (χ3n) is 6.41. The fourth-order valence-electron chi connectivity index (χ4n) is 4.66. The molecule has 0 aromatic heterocycles. The molecule has 0 radical (unpaired) electrons. The highest BCUT2D eigenvalue weighted by Crippen LogP contribution is 2.31. The largest absolute Gasteiger partial charge is 0.347 e. The molecular weight excluding hydrogens is 340 g/mol. The molecule has 0 unspecified atom stereocenters. The number of carbonyl (C=O) groups is 1. The van der Waals surface area contributed by atoms with Crippen LogP contribution < -0.4 is 0 Å². The van der Waals surface area contributed by atoms with Crippen LogP contribution in [0.15, 0.2) is 30.3 Å². The molecule has 3 saturated heterocycles. The van der Waals surface area contributed by atoms with Gasteiger partial charge in [-0.2, -0.15) is 0 Å². The maximum Gasteiger partial charge on any atom is 0.223 e. The highest BCUT2D eigenvalue weighted by atomic mass is 16.7. The molecule has 3 aliphatic rings. The number of amides is 1. The van der Waals surface area contributed by atoms with E-state index < -0.39 is 5.79 Å². The molecule has 1 amide bonds. The summed E-state index contributed by atoms with van der Waals surface area (Å²) in [7, 11) is 0. The SMILES string of the molecule is O=C(CCN1CCC(Cc2ccccc2)CC1)N1CCC2(CC1)OCCO2. The van der Waals surface area contributed by atoms with Gasteiger partial charge in [0.05, 0.1) is 13.2 Å². The van der Waals surface area contributed by atoms with E-state index in [2.05, 4.69) is 35.2 Å². The molecule has 1 spiro atoms. The number of benzene rings is 1. The molecule has 0 N–H and O–H groups in total. The lowest BCUT2D eigenvalue weighted by Crippen LogP contribution is -2.48. The predicted molar refractivity (Wildman–Crippen MR) is 104 cm³/mol. The van der Waals surface area contributed by atoms with Crippen molar-refractivity contribution in [2.45, 2.75) is 44.3 Å². The van der Waals surface area contributed by atoms with Gasteiger partial charge >= 0.3 is 0 Å². The Morgan fingerprint density at radius 1 is 1.00 bits per heavy atom. The van der Waals surface area contributed by atoms with E-state index in [0.717, 1.165) is 51.5 Å². The number of carbonyl (C=O) groups excluding carboxylic acids is 1. The lowest BCUT2D eigenvalue weighted by atomic mass is 9.90. The van der Waals surface area contributed by atoms with E-state index in [1.807, 2.05) is 4.90 Å². The second-order valence-electron chi connectivity index (χ2n) is 8.21. The molecule has 3 heterocycles. The second kappa shape index (κ2) is 8.72. The Bertz CT molecular complexity index is 597. The number of hydrogen-bond donors (Lipinski definition) is 0. The third-order valence-corrected chi connectivity index (χ3v) is 6.41. The van der Waals surface area contributed by atoms with Crippen LogP contribution in [0.4, 0.5) is 0 Å². The Labute approximate surface area is 162 Å². The summed E-state index contributed by atoms with van der Waals surface area (Å²) in [5.41, 5.74) is 1.45. The van der Waals surface area contributed by atoms with Crippen molar-refractivity contribution in [2.75, 3.05) is 45.9 Å². The van der Waals surface area contributed by atoms with Crippen LogP contribution in [0.3, 0.4) is 0 Å². The van der Waals surface area contributed by atoms with Gasteiger partial charge in [-0.1, -0.05) is 30.3 Å². The predicted octanol–water partition coefficient (Wildman–Crippen LogP) is 2.70. The van der Waals surface area contributed by atoms with E-state index in [0.29, 0.717) is 19.6 Å². The van der Waals surface area contributed by atoms with Crippen molar-refractivity contribution < 1.29 is 14.3 Å². The van der Waals surface area contributed by atoms with Crippen LogP contribution in [0.2, 0.25) is 0 Å². The summed E-state index contributed by atoms with van der Waals surface area (Å²) in [6, 6.07) is 10.8. The quantitative estimate of drug-likeness (QED) is 0.797. The Hall–Kier alpha value is -1.43. The van der Waals surface area contributed by atoms with Gasteiger partial charge in [0.25, 0.3) is 0 Å². The number of nitrogens with zero attached hydrogens (tertiary/aromatic N) is 2. The molecule has 5 heteroatoms. The zero-order valence-corrected chi connectivity index (χ0v) is 16.3. The summed E-state index contributed by atoms with van der Waals surface area (Å²) in [4.78, 5) is 17.0.